The Labute approximate surface area is 144 Å². The molecule has 0 fully saturated rings. The van der Waals surface area contributed by atoms with Crippen LogP contribution in [-0.4, -0.2) is 15.5 Å². The van der Waals surface area contributed by atoms with E-state index in [-0.39, 0.29) is 11.4 Å². The summed E-state index contributed by atoms with van der Waals surface area (Å²) in [5.74, 6) is -1.08. The minimum absolute atomic E-state index is 0.102. The molecule has 5 nitrogen and oxygen atoms in total. The third-order valence-corrected chi connectivity index (χ3v) is 3.81. The van der Waals surface area contributed by atoms with Crippen molar-refractivity contribution < 1.29 is 9.18 Å². The third kappa shape index (κ3) is 3.41. The first-order valence-corrected chi connectivity index (χ1v) is 7.74. The summed E-state index contributed by atoms with van der Waals surface area (Å²) in [6.45, 7) is 0. The van der Waals surface area contributed by atoms with Gasteiger partial charge >= 0.3 is 0 Å². The molecule has 7 heteroatoms. The van der Waals surface area contributed by atoms with Crippen LogP contribution in [0.5, 0.6) is 0 Å². The highest BCUT2D eigenvalue weighted by Crippen LogP contribution is 2.13. The molecular weight excluding hydrogens is 377 g/mol. The Morgan fingerprint density at radius 3 is 2.42 bits per heavy atom. The number of amides is 1. The van der Waals surface area contributed by atoms with Crippen LogP contribution in [0.1, 0.15) is 10.4 Å². The summed E-state index contributed by atoms with van der Waals surface area (Å²) in [5.41, 5.74) is 0.412. The largest absolute Gasteiger partial charge is 0.302 e. The summed E-state index contributed by atoms with van der Waals surface area (Å²) in [6.07, 6.45) is 2.93. The first-order chi connectivity index (χ1) is 11.5. The van der Waals surface area contributed by atoms with Crippen LogP contribution in [0.15, 0.2) is 70.2 Å². The van der Waals surface area contributed by atoms with Gasteiger partial charge in [0.25, 0.3) is 11.5 Å². The van der Waals surface area contributed by atoms with Crippen LogP contribution in [0.4, 0.5) is 10.2 Å². The molecular formula is C17H11BrFN3O2. The number of nitrogens with zero attached hydrogens (tertiary/aromatic N) is 2. The Kier molecular flexibility index (Phi) is 4.52. The Hall–Kier alpha value is -2.80. The van der Waals surface area contributed by atoms with Gasteiger partial charge in [0.05, 0.1) is 0 Å². The van der Waals surface area contributed by atoms with E-state index in [1.54, 1.807) is 24.3 Å². The van der Waals surface area contributed by atoms with Crippen LogP contribution in [0, 0.1) is 5.82 Å². The van der Waals surface area contributed by atoms with Crippen molar-refractivity contribution in [2.75, 3.05) is 5.32 Å². The minimum Gasteiger partial charge on any atom is -0.302 e. The fourth-order valence-corrected chi connectivity index (χ4v) is 2.35. The van der Waals surface area contributed by atoms with Gasteiger partial charge in [-0.1, -0.05) is 15.9 Å². The zero-order valence-corrected chi connectivity index (χ0v) is 13.8. The number of hydrogen-bond donors (Lipinski definition) is 1. The lowest BCUT2D eigenvalue weighted by Crippen LogP contribution is -2.26. The lowest BCUT2D eigenvalue weighted by molar-refractivity contribution is 0.102. The topological polar surface area (TPSA) is 64.0 Å². The number of carbonyl (C=O) groups is 1. The fraction of sp³-hybridized carbons (Fsp3) is 0. The quantitative estimate of drug-likeness (QED) is 0.748. The van der Waals surface area contributed by atoms with Crippen molar-refractivity contribution in [1.82, 2.24) is 9.55 Å². The standard InChI is InChI=1S/C17H11BrFN3O2/c18-12-3-7-14(8-4-12)22-10-9-20-15(17(22)24)21-16(23)11-1-5-13(19)6-2-11/h1-10H,(H,20,21,23). The maximum Gasteiger partial charge on any atom is 0.298 e. The van der Waals surface area contributed by atoms with Crippen molar-refractivity contribution in [1.29, 1.82) is 0 Å². The lowest BCUT2D eigenvalue weighted by atomic mass is 10.2. The van der Waals surface area contributed by atoms with Crippen molar-refractivity contribution in [2.45, 2.75) is 0 Å². The number of carbonyl (C=O) groups excluding carboxylic acids is 1. The highest BCUT2D eigenvalue weighted by Gasteiger charge is 2.12. The first kappa shape index (κ1) is 16.1. The second-order valence-electron chi connectivity index (χ2n) is 4.89. The molecule has 0 bridgehead atoms. The smallest absolute Gasteiger partial charge is 0.298 e. The van der Waals surface area contributed by atoms with Crippen LogP contribution in [0.3, 0.4) is 0 Å². The highest BCUT2D eigenvalue weighted by molar-refractivity contribution is 9.10. The van der Waals surface area contributed by atoms with Crippen LogP contribution >= 0.6 is 15.9 Å². The summed E-state index contributed by atoms with van der Waals surface area (Å²) in [6, 6.07) is 12.1. The third-order valence-electron chi connectivity index (χ3n) is 3.28. The van der Waals surface area contributed by atoms with E-state index in [0.717, 1.165) is 4.47 Å². The molecule has 120 valence electrons. The van der Waals surface area contributed by atoms with Crippen LogP contribution in [0.25, 0.3) is 5.69 Å². The zero-order chi connectivity index (χ0) is 17.1. The summed E-state index contributed by atoms with van der Waals surface area (Å²) < 4.78 is 15.2. The lowest BCUT2D eigenvalue weighted by Gasteiger charge is -2.08. The molecule has 0 atom stereocenters. The minimum atomic E-state index is -0.534. The molecule has 0 spiro atoms. The van der Waals surface area contributed by atoms with Gasteiger partial charge in [-0.15, -0.1) is 0 Å². The number of nitrogens with one attached hydrogen (secondary N) is 1. The van der Waals surface area contributed by atoms with Crippen LogP contribution < -0.4 is 10.9 Å². The molecule has 1 N–H and O–H groups in total. The molecule has 0 radical (unpaired) electrons. The average Bonchev–Trinajstić information content (AvgIpc) is 2.58. The van der Waals surface area contributed by atoms with Gasteiger partial charge in [-0.3, -0.25) is 14.2 Å². The molecule has 3 rings (SSSR count). The average molecular weight is 388 g/mol. The molecule has 2 aromatic carbocycles. The number of aromatic nitrogens is 2. The Balaban J connectivity index is 1.91. The Morgan fingerprint density at radius 2 is 1.75 bits per heavy atom. The van der Waals surface area contributed by atoms with Gasteiger partial charge in [-0.2, -0.15) is 0 Å². The summed E-state index contributed by atoms with van der Waals surface area (Å²) in [7, 11) is 0. The number of hydrogen-bond acceptors (Lipinski definition) is 3. The first-order valence-electron chi connectivity index (χ1n) is 6.95. The van der Waals surface area contributed by atoms with Crippen LogP contribution in [0.2, 0.25) is 0 Å². The van der Waals surface area contributed by atoms with E-state index in [0.29, 0.717) is 5.69 Å². The molecule has 0 saturated carbocycles. The van der Waals surface area contributed by atoms with E-state index in [2.05, 4.69) is 26.2 Å². The summed E-state index contributed by atoms with van der Waals surface area (Å²) in [4.78, 5) is 28.5. The molecule has 3 aromatic rings. The number of anilines is 1. The maximum atomic E-state index is 12.9. The van der Waals surface area contributed by atoms with Crippen molar-refractivity contribution >= 4 is 27.7 Å². The normalized spacial score (nSPS) is 10.4. The van der Waals surface area contributed by atoms with Gasteiger partial charge in [-0.05, 0) is 48.5 Å². The molecule has 24 heavy (non-hydrogen) atoms. The van der Waals surface area contributed by atoms with Gasteiger partial charge in [0.1, 0.15) is 5.82 Å². The van der Waals surface area contributed by atoms with E-state index in [4.69, 9.17) is 0 Å². The molecule has 0 aliphatic heterocycles. The van der Waals surface area contributed by atoms with E-state index in [1.807, 2.05) is 0 Å². The number of benzene rings is 2. The summed E-state index contributed by atoms with van der Waals surface area (Å²) >= 11 is 3.33. The molecule has 1 heterocycles. The van der Waals surface area contributed by atoms with Gasteiger partial charge in [-0.25, -0.2) is 9.37 Å². The van der Waals surface area contributed by atoms with Crippen molar-refractivity contribution in [3.8, 4) is 5.69 Å². The number of rotatable bonds is 3. The van der Waals surface area contributed by atoms with Crippen LogP contribution in [-0.2, 0) is 0 Å². The van der Waals surface area contributed by atoms with E-state index in [9.17, 15) is 14.0 Å². The van der Waals surface area contributed by atoms with E-state index in [1.165, 1.54) is 41.2 Å². The second-order valence-corrected chi connectivity index (χ2v) is 5.80. The Morgan fingerprint density at radius 1 is 1.08 bits per heavy atom. The summed E-state index contributed by atoms with van der Waals surface area (Å²) in [5, 5.41) is 2.45. The van der Waals surface area contributed by atoms with Gasteiger partial charge < -0.3 is 5.32 Å². The highest BCUT2D eigenvalue weighted by atomic mass is 79.9. The van der Waals surface area contributed by atoms with E-state index >= 15 is 0 Å². The Bertz CT molecular complexity index is 937. The zero-order valence-electron chi connectivity index (χ0n) is 12.2. The molecule has 0 aliphatic rings. The van der Waals surface area contributed by atoms with Gasteiger partial charge in [0, 0.05) is 28.1 Å². The molecule has 1 amide bonds. The van der Waals surface area contributed by atoms with Crippen molar-refractivity contribution in [3.05, 3.63) is 87.1 Å². The SMILES string of the molecule is O=C(Nc1nccn(-c2ccc(Br)cc2)c1=O)c1ccc(F)cc1. The van der Waals surface area contributed by atoms with Gasteiger partial charge in [0.15, 0.2) is 5.82 Å². The van der Waals surface area contributed by atoms with Crippen molar-refractivity contribution in [2.24, 2.45) is 0 Å². The van der Waals surface area contributed by atoms with Crippen molar-refractivity contribution in [3.63, 3.8) is 0 Å². The number of halogens is 2. The molecule has 0 unspecified atom stereocenters. The predicted octanol–water partition coefficient (Wildman–Crippen LogP) is 3.39. The monoisotopic (exact) mass is 387 g/mol. The predicted molar refractivity (Wildman–Crippen MR) is 91.9 cm³/mol. The van der Waals surface area contributed by atoms with E-state index < -0.39 is 17.3 Å². The fourth-order valence-electron chi connectivity index (χ4n) is 2.08. The molecule has 0 saturated heterocycles. The molecule has 0 aliphatic carbocycles. The second kappa shape index (κ2) is 6.76. The molecule has 1 aromatic heterocycles. The maximum absolute atomic E-state index is 12.9. The van der Waals surface area contributed by atoms with Gasteiger partial charge in [0.2, 0.25) is 0 Å².